The van der Waals surface area contributed by atoms with E-state index in [-0.39, 0.29) is 16.5 Å². The Morgan fingerprint density at radius 3 is 1.12 bits per heavy atom. The van der Waals surface area contributed by atoms with Crippen molar-refractivity contribution < 1.29 is 35.7 Å². The molecule has 0 saturated heterocycles. The molecule has 104 valence electrons. The second-order valence-electron chi connectivity index (χ2n) is 2.93. The molecule has 0 rings (SSSR count). The van der Waals surface area contributed by atoms with E-state index in [4.69, 9.17) is 19.2 Å². The van der Waals surface area contributed by atoms with Crippen molar-refractivity contribution in [3.63, 3.8) is 0 Å². The standard InChI is InChI=1S/2C5H11.Ni.H3O4P/c2*1-3-5-4-2;;1-5(2,3)4/h2*1,3-5H2,2H3;;(H3,1,2,3,4)/q2*-1;+2;. The molecule has 3 N–H and O–H groups in total. The quantitative estimate of drug-likeness (QED) is 0.423. The molecular weight excluding hydrogens is 274 g/mol. The first kappa shape index (κ1) is 25.4. The summed E-state index contributed by atoms with van der Waals surface area (Å²) in [5.74, 6) is 0. The van der Waals surface area contributed by atoms with Gasteiger partial charge in [-0.15, -0.1) is 0 Å². The Morgan fingerprint density at radius 1 is 0.938 bits per heavy atom. The fraction of sp³-hybridized carbons (Fsp3) is 0.800. The third-order valence-corrected chi connectivity index (χ3v) is 1.21. The number of unbranched alkanes of at least 4 members (excludes halogenated alkanes) is 4. The predicted octanol–water partition coefficient (Wildman–Crippen LogP) is 3.09. The Kier molecular flexibility index (Phi) is 33.3. The first-order valence-electron chi connectivity index (χ1n) is 5.20. The molecule has 0 aromatic carbocycles. The molecule has 4 nitrogen and oxygen atoms in total. The summed E-state index contributed by atoms with van der Waals surface area (Å²) in [6.07, 6.45) is 7.31. The predicted molar refractivity (Wildman–Crippen MR) is 64.0 cm³/mol. The van der Waals surface area contributed by atoms with E-state index in [9.17, 15) is 0 Å². The minimum atomic E-state index is -4.64. The van der Waals surface area contributed by atoms with Gasteiger partial charge < -0.3 is 28.5 Å². The minimum Gasteiger partial charge on any atom is -0.343 e. The summed E-state index contributed by atoms with van der Waals surface area (Å²) in [6.45, 7) is 11.7. The maximum absolute atomic E-state index is 8.88. The maximum atomic E-state index is 8.88. The van der Waals surface area contributed by atoms with E-state index in [0.717, 1.165) is 12.8 Å². The fourth-order valence-electron chi connectivity index (χ4n) is 0.500. The van der Waals surface area contributed by atoms with Gasteiger partial charge in [0.25, 0.3) is 0 Å². The van der Waals surface area contributed by atoms with Crippen LogP contribution in [0.2, 0.25) is 0 Å². The van der Waals surface area contributed by atoms with E-state index in [1.165, 1.54) is 25.7 Å². The van der Waals surface area contributed by atoms with Crippen LogP contribution in [0.4, 0.5) is 0 Å². The molecule has 0 amide bonds. The van der Waals surface area contributed by atoms with Gasteiger partial charge in [-0.2, -0.15) is 12.8 Å². The van der Waals surface area contributed by atoms with Crippen LogP contribution in [0.1, 0.15) is 52.4 Å². The van der Waals surface area contributed by atoms with E-state index in [2.05, 4.69) is 27.7 Å². The average Bonchev–Trinajstić information content (AvgIpc) is 2.05. The van der Waals surface area contributed by atoms with Gasteiger partial charge in [0, 0.05) is 0 Å². The molecule has 0 unspecified atom stereocenters. The van der Waals surface area contributed by atoms with Crippen LogP contribution in [0.3, 0.4) is 0 Å². The van der Waals surface area contributed by atoms with Gasteiger partial charge in [-0.05, 0) is 0 Å². The minimum absolute atomic E-state index is 0. The molecule has 0 fully saturated rings. The zero-order valence-corrected chi connectivity index (χ0v) is 12.1. The molecule has 16 heavy (non-hydrogen) atoms. The SMILES string of the molecule is O=P(O)(O)O.[CH2-]CCCC.[CH2-]CCCC.[Ni+2]. The van der Waals surface area contributed by atoms with Crippen molar-refractivity contribution in [2.75, 3.05) is 0 Å². The van der Waals surface area contributed by atoms with Gasteiger partial charge in [-0.3, -0.25) is 0 Å². The van der Waals surface area contributed by atoms with Crippen molar-refractivity contribution in [2.45, 2.75) is 52.4 Å². The normalized spacial score (nSPS) is 8.94. The topological polar surface area (TPSA) is 77.8 Å². The second kappa shape index (κ2) is 20.9. The molecule has 6 heteroatoms. The Morgan fingerprint density at radius 2 is 1.12 bits per heavy atom. The Labute approximate surface area is 110 Å². The van der Waals surface area contributed by atoms with Gasteiger partial charge in [0.1, 0.15) is 0 Å². The van der Waals surface area contributed by atoms with Crippen LogP contribution in [0.5, 0.6) is 0 Å². The number of rotatable bonds is 4. The molecule has 0 bridgehead atoms. The van der Waals surface area contributed by atoms with Crippen LogP contribution >= 0.6 is 7.82 Å². The van der Waals surface area contributed by atoms with Crippen molar-refractivity contribution in [2.24, 2.45) is 0 Å². The van der Waals surface area contributed by atoms with Gasteiger partial charge in [-0.25, -0.2) is 4.57 Å². The molecule has 0 aliphatic rings. The van der Waals surface area contributed by atoms with Crippen LogP contribution in [-0.4, -0.2) is 14.7 Å². The third-order valence-electron chi connectivity index (χ3n) is 1.21. The van der Waals surface area contributed by atoms with Crippen molar-refractivity contribution in [3.8, 4) is 0 Å². The second-order valence-corrected chi connectivity index (χ2v) is 3.95. The van der Waals surface area contributed by atoms with Gasteiger partial charge in [0.2, 0.25) is 0 Å². The number of phosphoric acid groups is 1. The third kappa shape index (κ3) is 128. The molecule has 0 atom stereocenters. The van der Waals surface area contributed by atoms with Crippen molar-refractivity contribution in [1.29, 1.82) is 0 Å². The summed E-state index contributed by atoms with van der Waals surface area (Å²) < 4.78 is 8.88. The smallest absolute Gasteiger partial charge is 0.343 e. The van der Waals surface area contributed by atoms with E-state index < -0.39 is 7.82 Å². The summed E-state index contributed by atoms with van der Waals surface area (Å²) in [5.41, 5.74) is 0. The molecule has 0 aliphatic carbocycles. The van der Waals surface area contributed by atoms with Crippen molar-refractivity contribution in [3.05, 3.63) is 13.8 Å². The van der Waals surface area contributed by atoms with Gasteiger partial charge >= 0.3 is 24.3 Å². The average molecular weight is 299 g/mol. The summed E-state index contributed by atoms with van der Waals surface area (Å²) in [7, 11) is -4.64. The van der Waals surface area contributed by atoms with E-state index in [1.54, 1.807) is 0 Å². The molecule has 0 spiro atoms. The molecule has 0 radical (unpaired) electrons. The van der Waals surface area contributed by atoms with Crippen molar-refractivity contribution in [1.82, 2.24) is 0 Å². The Bertz CT molecular complexity index is 121. The maximum Gasteiger partial charge on any atom is 2.00 e. The van der Waals surface area contributed by atoms with Gasteiger partial charge in [0.15, 0.2) is 0 Å². The van der Waals surface area contributed by atoms with E-state index in [0.29, 0.717) is 0 Å². The monoisotopic (exact) mass is 298 g/mol. The van der Waals surface area contributed by atoms with Crippen molar-refractivity contribution >= 4 is 7.82 Å². The van der Waals surface area contributed by atoms with E-state index in [1.807, 2.05) is 0 Å². The van der Waals surface area contributed by atoms with Gasteiger partial charge in [-0.1, -0.05) is 39.5 Å². The Balaban J connectivity index is -0.0000000655. The number of hydrogen-bond acceptors (Lipinski definition) is 1. The molecule has 0 aromatic heterocycles. The Hall–Kier alpha value is 0.604. The summed E-state index contributed by atoms with van der Waals surface area (Å²) in [4.78, 5) is 21.6. The first-order chi connectivity index (χ1) is 6.83. The molecule has 0 aliphatic heterocycles. The molecule has 0 heterocycles. The van der Waals surface area contributed by atoms with E-state index >= 15 is 0 Å². The summed E-state index contributed by atoms with van der Waals surface area (Å²) in [6, 6.07) is 0. The zero-order valence-electron chi connectivity index (χ0n) is 10.2. The molecular formula is C10H25NiO4P. The molecule has 0 saturated carbocycles. The summed E-state index contributed by atoms with van der Waals surface area (Å²) in [5, 5.41) is 0. The first-order valence-corrected chi connectivity index (χ1v) is 6.76. The molecule has 0 aromatic rings. The largest absolute Gasteiger partial charge is 2.00 e. The van der Waals surface area contributed by atoms with Crippen LogP contribution in [0, 0.1) is 13.8 Å². The van der Waals surface area contributed by atoms with Crippen LogP contribution < -0.4 is 0 Å². The van der Waals surface area contributed by atoms with Crippen LogP contribution in [0.15, 0.2) is 0 Å². The van der Waals surface area contributed by atoms with Crippen LogP contribution in [0.25, 0.3) is 0 Å². The van der Waals surface area contributed by atoms with Gasteiger partial charge in [0.05, 0.1) is 0 Å². The fourth-order valence-corrected chi connectivity index (χ4v) is 0.500. The zero-order chi connectivity index (χ0) is 12.7. The number of hydrogen-bond donors (Lipinski definition) is 3. The van der Waals surface area contributed by atoms with Crippen LogP contribution in [-0.2, 0) is 21.1 Å². The summed E-state index contributed by atoms with van der Waals surface area (Å²) >= 11 is 0.